The van der Waals surface area contributed by atoms with Crippen LogP contribution < -0.4 is 4.74 Å². The molecular formula is C20H19FN2O. The molecule has 0 saturated carbocycles. The van der Waals surface area contributed by atoms with Gasteiger partial charge in [-0.05, 0) is 31.0 Å². The maximum Gasteiger partial charge on any atom is 0.217 e. The predicted molar refractivity (Wildman–Crippen MR) is 92.3 cm³/mol. The van der Waals surface area contributed by atoms with Gasteiger partial charge in [0.15, 0.2) is 5.82 Å². The van der Waals surface area contributed by atoms with Crippen molar-refractivity contribution in [2.45, 2.75) is 26.9 Å². The van der Waals surface area contributed by atoms with Crippen LogP contribution in [0.25, 0.3) is 11.4 Å². The number of benzene rings is 2. The molecule has 0 aliphatic rings. The van der Waals surface area contributed by atoms with Crippen molar-refractivity contribution in [3.8, 4) is 17.3 Å². The number of aryl methyl sites for hydroxylation is 2. The molecule has 2 aromatic carbocycles. The van der Waals surface area contributed by atoms with Crippen LogP contribution in [0.2, 0.25) is 0 Å². The molecule has 0 atom stereocenters. The number of nitrogens with zero attached hydrogens (tertiary/aromatic N) is 2. The fraction of sp³-hybridized carbons (Fsp3) is 0.200. The molecule has 0 aliphatic carbocycles. The van der Waals surface area contributed by atoms with E-state index in [1.165, 1.54) is 17.7 Å². The number of halogens is 1. The largest absolute Gasteiger partial charge is 0.473 e. The van der Waals surface area contributed by atoms with E-state index < -0.39 is 0 Å². The van der Waals surface area contributed by atoms with E-state index in [9.17, 15) is 4.39 Å². The minimum Gasteiger partial charge on any atom is -0.473 e. The molecule has 1 heterocycles. The van der Waals surface area contributed by atoms with Gasteiger partial charge in [-0.2, -0.15) is 4.98 Å². The van der Waals surface area contributed by atoms with E-state index in [4.69, 9.17) is 4.74 Å². The second kappa shape index (κ2) is 7.21. The molecule has 24 heavy (non-hydrogen) atoms. The summed E-state index contributed by atoms with van der Waals surface area (Å²) in [6.07, 6.45) is 0.756. The topological polar surface area (TPSA) is 35.0 Å². The summed E-state index contributed by atoms with van der Waals surface area (Å²) < 4.78 is 19.3. The summed E-state index contributed by atoms with van der Waals surface area (Å²) in [6, 6.07) is 16.3. The molecule has 0 saturated heterocycles. The molecule has 0 N–H and O–H groups in total. The Morgan fingerprint density at radius 2 is 1.79 bits per heavy atom. The minimum atomic E-state index is -0.305. The van der Waals surface area contributed by atoms with Gasteiger partial charge in [0.2, 0.25) is 5.88 Å². The van der Waals surface area contributed by atoms with E-state index in [1.807, 2.05) is 44.2 Å². The fourth-order valence-corrected chi connectivity index (χ4v) is 2.33. The zero-order valence-electron chi connectivity index (χ0n) is 13.8. The van der Waals surface area contributed by atoms with Gasteiger partial charge in [0.25, 0.3) is 0 Å². The molecule has 0 aliphatic heterocycles. The van der Waals surface area contributed by atoms with Gasteiger partial charge in [0, 0.05) is 17.3 Å². The first-order valence-corrected chi connectivity index (χ1v) is 7.96. The monoisotopic (exact) mass is 322 g/mol. The molecule has 1 aromatic heterocycles. The van der Waals surface area contributed by atoms with E-state index in [0.29, 0.717) is 23.9 Å². The molecule has 3 rings (SSSR count). The van der Waals surface area contributed by atoms with Crippen LogP contribution in [0, 0.1) is 12.7 Å². The number of ether oxygens (including phenoxy) is 1. The van der Waals surface area contributed by atoms with Crippen molar-refractivity contribution in [3.05, 3.63) is 77.2 Å². The normalized spacial score (nSPS) is 10.6. The van der Waals surface area contributed by atoms with Gasteiger partial charge in [0.05, 0.1) is 0 Å². The Bertz CT molecular complexity index is 831. The average molecular weight is 322 g/mol. The summed E-state index contributed by atoms with van der Waals surface area (Å²) >= 11 is 0. The third-order valence-corrected chi connectivity index (χ3v) is 3.71. The SMILES string of the molecule is CCc1cc(OCc2ccc(C)cc2)nc(-c2cccc(F)c2)n1. The molecule has 0 amide bonds. The Balaban J connectivity index is 1.85. The third-order valence-electron chi connectivity index (χ3n) is 3.71. The van der Waals surface area contributed by atoms with Crippen LogP contribution in [-0.2, 0) is 13.0 Å². The van der Waals surface area contributed by atoms with Crippen LogP contribution in [0.5, 0.6) is 5.88 Å². The number of hydrogen-bond donors (Lipinski definition) is 0. The molecule has 122 valence electrons. The summed E-state index contributed by atoms with van der Waals surface area (Å²) in [4.78, 5) is 8.90. The molecule has 3 nitrogen and oxygen atoms in total. The van der Waals surface area contributed by atoms with Crippen LogP contribution in [0.1, 0.15) is 23.7 Å². The second-order valence-corrected chi connectivity index (χ2v) is 5.66. The lowest BCUT2D eigenvalue weighted by atomic mass is 10.2. The van der Waals surface area contributed by atoms with Crippen LogP contribution in [-0.4, -0.2) is 9.97 Å². The van der Waals surface area contributed by atoms with E-state index in [1.54, 1.807) is 12.1 Å². The summed E-state index contributed by atoms with van der Waals surface area (Å²) in [7, 11) is 0. The molecular weight excluding hydrogens is 303 g/mol. The molecule has 4 heteroatoms. The number of aromatic nitrogens is 2. The van der Waals surface area contributed by atoms with Gasteiger partial charge in [-0.15, -0.1) is 0 Å². The zero-order valence-corrected chi connectivity index (χ0v) is 13.8. The van der Waals surface area contributed by atoms with Crippen LogP contribution >= 0.6 is 0 Å². The van der Waals surface area contributed by atoms with Crippen molar-refractivity contribution in [1.82, 2.24) is 9.97 Å². The van der Waals surface area contributed by atoms with Crippen molar-refractivity contribution in [2.24, 2.45) is 0 Å². The maximum atomic E-state index is 13.5. The molecule has 0 spiro atoms. The lowest BCUT2D eigenvalue weighted by Crippen LogP contribution is -2.02. The van der Waals surface area contributed by atoms with E-state index >= 15 is 0 Å². The maximum absolute atomic E-state index is 13.5. The van der Waals surface area contributed by atoms with Gasteiger partial charge >= 0.3 is 0 Å². The lowest BCUT2D eigenvalue weighted by molar-refractivity contribution is 0.293. The highest BCUT2D eigenvalue weighted by molar-refractivity contribution is 5.55. The van der Waals surface area contributed by atoms with Gasteiger partial charge in [-0.3, -0.25) is 0 Å². The third kappa shape index (κ3) is 3.96. The fourth-order valence-electron chi connectivity index (χ4n) is 2.33. The quantitative estimate of drug-likeness (QED) is 0.681. The predicted octanol–water partition coefficient (Wildman–Crippen LogP) is 4.73. The number of rotatable bonds is 5. The molecule has 0 bridgehead atoms. The first-order valence-electron chi connectivity index (χ1n) is 7.96. The standard InChI is InChI=1S/C20H19FN2O/c1-3-18-12-19(24-13-15-9-7-14(2)8-10-15)23-20(22-18)16-5-4-6-17(21)11-16/h4-12H,3,13H2,1-2H3. The van der Waals surface area contributed by atoms with Crippen LogP contribution in [0.4, 0.5) is 4.39 Å². The van der Waals surface area contributed by atoms with Gasteiger partial charge < -0.3 is 4.74 Å². The molecule has 0 fully saturated rings. The summed E-state index contributed by atoms with van der Waals surface area (Å²) in [5.41, 5.74) is 3.79. The smallest absolute Gasteiger partial charge is 0.217 e. The Morgan fingerprint density at radius 1 is 1.00 bits per heavy atom. The van der Waals surface area contributed by atoms with E-state index in [2.05, 4.69) is 9.97 Å². The van der Waals surface area contributed by atoms with Gasteiger partial charge in [0.1, 0.15) is 12.4 Å². The summed E-state index contributed by atoms with van der Waals surface area (Å²) in [5.74, 6) is 0.676. The van der Waals surface area contributed by atoms with Gasteiger partial charge in [-0.25, -0.2) is 9.37 Å². The number of hydrogen-bond acceptors (Lipinski definition) is 3. The Morgan fingerprint density at radius 3 is 2.50 bits per heavy atom. The minimum absolute atomic E-state index is 0.305. The molecule has 0 unspecified atom stereocenters. The Hall–Kier alpha value is -2.75. The summed E-state index contributed by atoms with van der Waals surface area (Å²) in [6.45, 7) is 4.50. The van der Waals surface area contributed by atoms with Crippen molar-refractivity contribution >= 4 is 0 Å². The first kappa shape index (κ1) is 16.1. The zero-order chi connectivity index (χ0) is 16.9. The van der Waals surface area contributed by atoms with E-state index in [-0.39, 0.29) is 5.82 Å². The first-order chi connectivity index (χ1) is 11.6. The van der Waals surface area contributed by atoms with Crippen LogP contribution in [0.3, 0.4) is 0 Å². The van der Waals surface area contributed by atoms with Gasteiger partial charge in [-0.1, -0.05) is 48.9 Å². The molecule has 0 radical (unpaired) electrons. The Labute approximate surface area is 141 Å². The average Bonchev–Trinajstić information content (AvgIpc) is 2.61. The highest BCUT2D eigenvalue weighted by atomic mass is 19.1. The van der Waals surface area contributed by atoms with Crippen LogP contribution in [0.15, 0.2) is 54.6 Å². The van der Waals surface area contributed by atoms with E-state index in [0.717, 1.165) is 17.7 Å². The highest BCUT2D eigenvalue weighted by Crippen LogP contribution is 2.21. The van der Waals surface area contributed by atoms with Crippen molar-refractivity contribution in [3.63, 3.8) is 0 Å². The lowest BCUT2D eigenvalue weighted by Gasteiger charge is -2.09. The molecule has 3 aromatic rings. The summed E-state index contributed by atoms with van der Waals surface area (Å²) in [5, 5.41) is 0. The Kier molecular flexibility index (Phi) is 4.85. The van der Waals surface area contributed by atoms with Crippen molar-refractivity contribution in [1.29, 1.82) is 0 Å². The second-order valence-electron chi connectivity index (χ2n) is 5.66. The van der Waals surface area contributed by atoms with Crippen molar-refractivity contribution in [2.75, 3.05) is 0 Å². The highest BCUT2D eigenvalue weighted by Gasteiger charge is 2.08. The van der Waals surface area contributed by atoms with Crippen molar-refractivity contribution < 1.29 is 9.13 Å².